The van der Waals surface area contributed by atoms with Crippen molar-refractivity contribution < 1.29 is 13.2 Å². The zero-order valence-electron chi connectivity index (χ0n) is 13.2. The van der Waals surface area contributed by atoms with Crippen LogP contribution in [0.1, 0.15) is 39.0 Å². The maximum atomic E-state index is 12.2. The number of likely N-dealkylation sites (tertiary alicyclic amines) is 1. The normalized spacial score (nSPS) is 21.3. The minimum absolute atomic E-state index is 0.183. The Morgan fingerprint density at radius 1 is 1.43 bits per heavy atom. The number of hydrogen-bond donors (Lipinski definition) is 2. The van der Waals surface area contributed by atoms with E-state index in [1.54, 1.807) is 0 Å². The van der Waals surface area contributed by atoms with E-state index in [1.165, 1.54) is 0 Å². The highest BCUT2D eigenvalue weighted by Crippen LogP contribution is 2.18. The number of piperidine rings is 1. The number of carbonyl (C=O) groups excluding carboxylic acids is 1. The van der Waals surface area contributed by atoms with Crippen molar-refractivity contribution in [2.75, 3.05) is 32.4 Å². The van der Waals surface area contributed by atoms with Crippen molar-refractivity contribution in [2.45, 2.75) is 39.0 Å². The molecule has 1 heterocycles. The van der Waals surface area contributed by atoms with Gasteiger partial charge >= 0.3 is 0 Å². The predicted molar refractivity (Wildman–Crippen MR) is 84.2 cm³/mol. The molecule has 1 amide bonds. The fraction of sp³-hybridized carbons (Fsp3) is 0.929. The molecule has 2 unspecified atom stereocenters. The van der Waals surface area contributed by atoms with Gasteiger partial charge in [-0.05, 0) is 44.1 Å². The van der Waals surface area contributed by atoms with E-state index in [0.29, 0.717) is 32.0 Å². The van der Waals surface area contributed by atoms with Gasteiger partial charge in [-0.1, -0.05) is 6.92 Å². The molecule has 0 aromatic heterocycles. The lowest BCUT2D eigenvalue weighted by molar-refractivity contribution is -0.133. The molecule has 0 aliphatic carbocycles. The van der Waals surface area contributed by atoms with Crippen molar-refractivity contribution in [3.8, 4) is 0 Å². The van der Waals surface area contributed by atoms with E-state index < -0.39 is 10.0 Å². The molecule has 7 heteroatoms. The van der Waals surface area contributed by atoms with Gasteiger partial charge in [0, 0.05) is 26.1 Å². The first kappa shape index (κ1) is 18.4. The van der Waals surface area contributed by atoms with E-state index in [9.17, 15) is 13.2 Å². The molecular formula is C14H29N3O3S. The number of sulfonamides is 1. The summed E-state index contributed by atoms with van der Waals surface area (Å²) in [5.74, 6) is 0.883. The Hall–Kier alpha value is -0.660. The Kier molecular flexibility index (Phi) is 7.62. The number of hydrogen-bond acceptors (Lipinski definition) is 4. The molecule has 0 saturated carbocycles. The van der Waals surface area contributed by atoms with E-state index in [-0.39, 0.29) is 11.8 Å². The van der Waals surface area contributed by atoms with Crippen LogP contribution < -0.4 is 10.5 Å². The lowest BCUT2D eigenvalue weighted by atomic mass is 9.97. The molecule has 2 atom stereocenters. The Morgan fingerprint density at radius 3 is 2.76 bits per heavy atom. The number of rotatable bonds is 8. The van der Waals surface area contributed by atoms with E-state index in [4.69, 9.17) is 5.73 Å². The highest BCUT2D eigenvalue weighted by molar-refractivity contribution is 7.88. The van der Waals surface area contributed by atoms with Crippen LogP contribution in [0.25, 0.3) is 0 Å². The lowest BCUT2D eigenvalue weighted by Gasteiger charge is -2.33. The summed E-state index contributed by atoms with van der Waals surface area (Å²) in [5.41, 5.74) is 5.51. The average molecular weight is 319 g/mol. The molecule has 3 N–H and O–H groups in total. The molecule has 21 heavy (non-hydrogen) atoms. The molecule has 1 aliphatic rings. The summed E-state index contributed by atoms with van der Waals surface area (Å²) in [4.78, 5) is 14.1. The summed E-state index contributed by atoms with van der Waals surface area (Å²) in [7, 11) is -3.15. The molecule has 1 fully saturated rings. The van der Waals surface area contributed by atoms with Crippen LogP contribution in [0.2, 0.25) is 0 Å². The van der Waals surface area contributed by atoms with Crippen LogP contribution in [0.3, 0.4) is 0 Å². The zero-order valence-corrected chi connectivity index (χ0v) is 14.0. The van der Waals surface area contributed by atoms with Crippen LogP contribution in [-0.4, -0.2) is 51.7 Å². The predicted octanol–water partition coefficient (Wildman–Crippen LogP) is 0.539. The van der Waals surface area contributed by atoms with Gasteiger partial charge in [-0.15, -0.1) is 0 Å². The molecule has 0 spiro atoms. The minimum atomic E-state index is -3.15. The van der Waals surface area contributed by atoms with Crippen molar-refractivity contribution in [1.82, 2.24) is 9.62 Å². The van der Waals surface area contributed by atoms with Crippen molar-refractivity contribution in [1.29, 1.82) is 0 Å². The highest BCUT2D eigenvalue weighted by atomic mass is 32.2. The third kappa shape index (κ3) is 7.78. The number of amides is 1. The standard InChI is InChI=1S/C14H29N3O3S/c1-12(7-8-15)5-6-14(18)17-9-3-4-13(11-17)10-16-21(2,19)20/h12-13,16H,3-11,15H2,1-2H3. The van der Waals surface area contributed by atoms with Crippen molar-refractivity contribution in [3.05, 3.63) is 0 Å². The lowest BCUT2D eigenvalue weighted by Crippen LogP contribution is -2.43. The molecule has 1 saturated heterocycles. The summed E-state index contributed by atoms with van der Waals surface area (Å²) >= 11 is 0. The summed E-state index contributed by atoms with van der Waals surface area (Å²) in [6.45, 7) is 4.66. The number of carbonyl (C=O) groups is 1. The van der Waals surface area contributed by atoms with Gasteiger partial charge < -0.3 is 10.6 Å². The molecule has 0 aromatic rings. The first-order chi connectivity index (χ1) is 9.81. The van der Waals surface area contributed by atoms with Crippen molar-refractivity contribution >= 4 is 15.9 Å². The molecule has 124 valence electrons. The number of nitrogens with two attached hydrogens (primary N) is 1. The third-order valence-electron chi connectivity index (χ3n) is 4.02. The van der Waals surface area contributed by atoms with Gasteiger partial charge in [0.05, 0.1) is 6.26 Å². The molecule has 1 rings (SSSR count). The summed E-state index contributed by atoms with van der Waals surface area (Å²) in [6, 6.07) is 0. The van der Waals surface area contributed by atoms with E-state index in [0.717, 1.165) is 38.5 Å². The van der Waals surface area contributed by atoms with Crippen LogP contribution in [0, 0.1) is 11.8 Å². The van der Waals surface area contributed by atoms with Gasteiger partial charge in [-0.25, -0.2) is 13.1 Å². The van der Waals surface area contributed by atoms with Crippen LogP contribution in [-0.2, 0) is 14.8 Å². The van der Waals surface area contributed by atoms with Gasteiger partial charge in [-0.2, -0.15) is 0 Å². The SMILES string of the molecule is CC(CCN)CCC(=O)N1CCCC(CNS(C)(=O)=O)C1. The largest absolute Gasteiger partial charge is 0.342 e. The topological polar surface area (TPSA) is 92.5 Å². The van der Waals surface area contributed by atoms with E-state index >= 15 is 0 Å². The second-order valence-electron chi connectivity index (χ2n) is 6.19. The summed E-state index contributed by atoms with van der Waals surface area (Å²) in [5, 5.41) is 0. The smallest absolute Gasteiger partial charge is 0.222 e. The van der Waals surface area contributed by atoms with Gasteiger partial charge in [0.15, 0.2) is 0 Å². The molecule has 0 radical (unpaired) electrons. The highest BCUT2D eigenvalue weighted by Gasteiger charge is 2.24. The number of nitrogens with zero attached hydrogens (tertiary/aromatic N) is 1. The van der Waals surface area contributed by atoms with Gasteiger partial charge in [0.1, 0.15) is 0 Å². The summed E-state index contributed by atoms with van der Waals surface area (Å²) in [6.07, 6.45) is 5.47. The fourth-order valence-electron chi connectivity index (χ4n) is 2.68. The first-order valence-corrected chi connectivity index (χ1v) is 9.63. The van der Waals surface area contributed by atoms with Crippen LogP contribution >= 0.6 is 0 Å². The fourth-order valence-corrected chi connectivity index (χ4v) is 3.22. The Morgan fingerprint density at radius 2 is 2.14 bits per heavy atom. The van der Waals surface area contributed by atoms with Crippen molar-refractivity contribution in [3.63, 3.8) is 0 Å². The zero-order chi connectivity index (χ0) is 15.9. The van der Waals surface area contributed by atoms with Crippen molar-refractivity contribution in [2.24, 2.45) is 17.6 Å². The maximum Gasteiger partial charge on any atom is 0.222 e. The Bertz CT molecular complexity index is 425. The molecule has 0 bridgehead atoms. The summed E-state index contributed by atoms with van der Waals surface area (Å²) < 4.78 is 24.8. The average Bonchev–Trinajstić information content (AvgIpc) is 2.42. The molecular weight excluding hydrogens is 290 g/mol. The van der Waals surface area contributed by atoms with Crippen LogP contribution in [0.4, 0.5) is 0 Å². The van der Waals surface area contributed by atoms with Gasteiger partial charge in [0.25, 0.3) is 0 Å². The third-order valence-corrected chi connectivity index (χ3v) is 4.71. The quantitative estimate of drug-likeness (QED) is 0.683. The molecule has 1 aliphatic heterocycles. The van der Waals surface area contributed by atoms with Gasteiger partial charge in [0.2, 0.25) is 15.9 Å². The van der Waals surface area contributed by atoms with E-state index in [2.05, 4.69) is 11.6 Å². The van der Waals surface area contributed by atoms with Crippen LogP contribution in [0.5, 0.6) is 0 Å². The monoisotopic (exact) mass is 319 g/mol. The number of nitrogens with one attached hydrogen (secondary N) is 1. The Labute approximate surface area is 128 Å². The minimum Gasteiger partial charge on any atom is -0.342 e. The maximum absolute atomic E-state index is 12.2. The molecule has 0 aromatic carbocycles. The van der Waals surface area contributed by atoms with Crippen LogP contribution in [0.15, 0.2) is 0 Å². The second kappa shape index (κ2) is 8.70. The first-order valence-electron chi connectivity index (χ1n) is 7.74. The van der Waals surface area contributed by atoms with Gasteiger partial charge in [-0.3, -0.25) is 4.79 Å². The molecule has 6 nitrogen and oxygen atoms in total. The second-order valence-corrected chi connectivity index (χ2v) is 8.02. The Balaban J connectivity index is 2.35. The van der Waals surface area contributed by atoms with E-state index in [1.807, 2.05) is 4.90 Å².